The zero-order valence-electron chi connectivity index (χ0n) is 11.4. The second-order valence-electron chi connectivity index (χ2n) is 4.53. The van der Waals surface area contributed by atoms with E-state index in [0.29, 0.717) is 0 Å². The van der Waals surface area contributed by atoms with Crippen LogP contribution in [0.2, 0.25) is 0 Å². The minimum absolute atomic E-state index is 0.730. The molecule has 0 aliphatic carbocycles. The Kier molecular flexibility index (Phi) is 4.24. The molecule has 2 rings (SSSR count). The largest absolute Gasteiger partial charge is 0.462 e. The second kappa shape index (κ2) is 6.10. The molecule has 1 N–H and O–H groups in total. The molecule has 2 aromatic carbocycles. The third-order valence-corrected chi connectivity index (χ3v) is 2.96. The summed E-state index contributed by atoms with van der Waals surface area (Å²) in [5.41, 5.74) is 3.39. The fraction of sp³-hybridized carbons (Fsp3) is 0.176. The molecule has 0 aliphatic heterocycles. The van der Waals surface area contributed by atoms with Crippen molar-refractivity contribution in [1.82, 2.24) is 0 Å². The van der Waals surface area contributed by atoms with Crippen LogP contribution in [-0.4, -0.2) is 7.05 Å². The van der Waals surface area contributed by atoms with E-state index in [1.165, 1.54) is 5.56 Å². The predicted octanol–water partition coefficient (Wildman–Crippen LogP) is 4.17. The van der Waals surface area contributed by atoms with Gasteiger partial charge in [-0.25, -0.2) is 0 Å². The molecule has 0 spiro atoms. The summed E-state index contributed by atoms with van der Waals surface area (Å²) in [7, 11) is 1.91. The van der Waals surface area contributed by atoms with Crippen LogP contribution in [0.5, 0.6) is 5.75 Å². The van der Waals surface area contributed by atoms with Gasteiger partial charge in [-0.2, -0.15) is 0 Å². The number of ether oxygens (including phenoxy) is 1. The molecule has 2 heteroatoms. The summed E-state index contributed by atoms with van der Waals surface area (Å²) >= 11 is 0. The third-order valence-electron chi connectivity index (χ3n) is 2.96. The number of nitrogens with one attached hydrogen (secondary N) is 1. The highest BCUT2D eigenvalue weighted by atomic mass is 16.5. The lowest BCUT2D eigenvalue weighted by Crippen LogP contribution is -2.00. The van der Waals surface area contributed by atoms with E-state index >= 15 is 0 Å². The number of hydrogen-bond donors (Lipinski definition) is 1. The summed E-state index contributed by atoms with van der Waals surface area (Å²) in [5.74, 6) is 1.62. The molecule has 0 saturated heterocycles. The van der Waals surface area contributed by atoms with Crippen molar-refractivity contribution < 1.29 is 4.74 Å². The molecular formula is C17H19NO. The molecule has 0 amide bonds. The lowest BCUT2D eigenvalue weighted by molar-refractivity contribution is 0.413. The molecule has 0 saturated carbocycles. The van der Waals surface area contributed by atoms with Gasteiger partial charge in [0.2, 0.25) is 0 Å². The Morgan fingerprint density at radius 3 is 2.53 bits per heavy atom. The minimum atomic E-state index is 0.730. The molecule has 0 bridgehead atoms. The Morgan fingerprint density at radius 2 is 1.89 bits per heavy atom. The van der Waals surface area contributed by atoms with Gasteiger partial charge in [-0.1, -0.05) is 36.9 Å². The number of rotatable bonds is 5. The summed E-state index contributed by atoms with van der Waals surface area (Å²) in [5, 5.41) is 3.11. The monoisotopic (exact) mass is 253 g/mol. The zero-order chi connectivity index (χ0) is 13.7. The van der Waals surface area contributed by atoms with Gasteiger partial charge in [0, 0.05) is 19.2 Å². The zero-order valence-corrected chi connectivity index (χ0v) is 11.4. The van der Waals surface area contributed by atoms with Crippen molar-refractivity contribution in [3.63, 3.8) is 0 Å². The normalized spacial score (nSPS) is 10.0. The molecule has 0 aromatic heterocycles. The van der Waals surface area contributed by atoms with Gasteiger partial charge in [0.05, 0.1) is 0 Å². The Labute approximate surface area is 114 Å². The molecule has 2 nitrogen and oxygen atoms in total. The summed E-state index contributed by atoms with van der Waals surface area (Å²) in [6, 6.07) is 16.2. The van der Waals surface area contributed by atoms with Gasteiger partial charge in [0.15, 0.2) is 0 Å². The molecule has 98 valence electrons. The fourth-order valence-corrected chi connectivity index (χ4v) is 1.93. The molecule has 0 aliphatic rings. The summed E-state index contributed by atoms with van der Waals surface area (Å²) in [4.78, 5) is 0. The van der Waals surface area contributed by atoms with E-state index in [1.54, 1.807) is 0 Å². The summed E-state index contributed by atoms with van der Waals surface area (Å²) in [6.07, 6.45) is 0.730. The van der Waals surface area contributed by atoms with Crippen molar-refractivity contribution >= 4 is 5.69 Å². The van der Waals surface area contributed by atoms with Crippen molar-refractivity contribution in [3.05, 3.63) is 72.0 Å². The van der Waals surface area contributed by atoms with E-state index in [1.807, 2.05) is 44.3 Å². The predicted molar refractivity (Wildman–Crippen MR) is 80.6 cm³/mol. The molecule has 0 fully saturated rings. The van der Waals surface area contributed by atoms with Crippen LogP contribution in [0.1, 0.15) is 11.1 Å². The summed E-state index contributed by atoms with van der Waals surface area (Å²) < 4.78 is 5.83. The van der Waals surface area contributed by atoms with Gasteiger partial charge in [-0.05, 0) is 36.2 Å². The standard InChI is InChI=1S/C17H19NO/c1-13-11-16(18-3)9-10-17(13)19-14(2)12-15-7-5-4-6-8-15/h4-11,18H,2,12H2,1,3H3. The fourth-order valence-electron chi connectivity index (χ4n) is 1.93. The van der Waals surface area contributed by atoms with Crippen LogP contribution in [0.25, 0.3) is 0 Å². The van der Waals surface area contributed by atoms with Crippen molar-refractivity contribution in [2.45, 2.75) is 13.3 Å². The van der Waals surface area contributed by atoms with Crippen LogP contribution in [0, 0.1) is 6.92 Å². The van der Waals surface area contributed by atoms with Gasteiger partial charge in [0.1, 0.15) is 11.5 Å². The van der Waals surface area contributed by atoms with E-state index in [0.717, 1.165) is 29.2 Å². The van der Waals surface area contributed by atoms with Crippen LogP contribution in [0.15, 0.2) is 60.9 Å². The quantitative estimate of drug-likeness (QED) is 0.807. The van der Waals surface area contributed by atoms with E-state index in [-0.39, 0.29) is 0 Å². The first-order chi connectivity index (χ1) is 9.19. The van der Waals surface area contributed by atoms with E-state index in [4.69, 9.17) is 4.74 Å². The molecule has 0 radical (unpaired) electrons. The van der Waals surface area contributed by atoms with Gasteiger partial charge >= 0.3 is 0 Å². The lowest BCUT2D eigenvalue weighted by Gasteiger charge is -2.12. The van der Waals surface area contributed by atoms with Crippen molar-refractivity contribution in [2.24, 2.45) is 0 Å². The first-order valence-electron chi connectivity index (χ1n) is 6.37. The SMILES string of the molecule is C=C(Cc1ccccc1)Oc1ccc(NC)cc1C. The third kappa shape index (κ3) is 3.62. The molecule has 19 heavy (non-hydrogen) atoms. The highest BCUT2D eigenvalue weighted by Crippen LogP contribution is 2.24. The topological polar surface area (TPSA) is 21.3 Å². The Balaban J connectivity index is 2.03. The first kappa shape index (κ1) is 13.2. The van der Waals surface area contributed by atoms with Crippen molar-refractivity contribution in [2.75, 3.05) is 12.4 Å². The first-order valence-corrected chi connectivity index (χ1v) is 6.37. The highest BCUT2D eigenvalue weighted by molar-refractivity contribution is 5.50. The van der Waals surface area contributed by atoms with Crippen LogP contribution in [0.3, 0.4) is 0 Å². The maximum atomic E-state index is 5.83. The van der Waals surface area contributed by atoms with Crippen LogP contribution >= 0.6 is 0 Å². The molecule has 0 atom stereocenters. The van der Waals surface area contributed by atoms with Crippen molar-refractivity contribution in [1.29, 1.82) is 0 Å². The second-order valence-corrected chi connectivity index (χ2v) is 4.53. The Hall–Kier alpha value is -2.22. The van der Waals surface area contributed by atoms with Crippen LogP contribution in [-0.2, 0) is 6.42 Å². The number of aryl methyl sites for hydroxylation is 1. The maximum absolute atomic E-state index is 5.83. The Morgan fingerprint density at radius 1 is 1.16 bits per heavy atom. The molecular weight excluding hydrogens is 234 g/mol. The van der Waals surface area contributed by atoms with Gasteiger partial charge in [0.25, 0.3) is 0 Å². The number of hydrogen-bond acceptors (Lipinski definition) is 2. The molecule has 0 unspecified atom stereocenters. The number of benzene rings is 2. The van der Waals surface area contributed by atoms with Crippen LogP contribution in [0.4, 0.5) is 5.69 Å². The highest BCUT2D eigenvalue weighted by Gasteiger charge is 2.04. The van der Waals surface area contributed by atoms with Crippen LogP contribution < -0.4 is 10.1 Å². The van der Waals surface area contributed by atoms with Gasteiger partial charge in [-0.15, -0.1) is 0 Å². The lowest BCUT2D eigenvalue weighted by atomic mass is 10.1. The minimum Gasteiger partial charge on any atom is -0.462 e. The van der Waals surface area contributed by atoms with E-state index < -0.39 is 0 Å². The maximum Gasteiger partial charge on any atom is 0.129 e. The van der Waals surface area contributed by atoms with Crippen molar-refractivity contribution in [3.8, 4) is 5.75 Å². The smallest absolute Gasteiger partial charge is 0.129 e. The number of allylic oxidation sites excluding steroid dienone is 1. The number of anilines is 1. The van der Waals surface area contributed by atoms with E-state index in [9.17, 15) is 0 Å². The Bertz CT molecular complexity index is 561. The molecule has 2 aromatic rings. The average molecular weight is 253 g/mol. The summed E-state index contributed by atoms with van der Waals surface area (Å²) in [6.45, 7) is 6.02. The van der Waals surface area contributed by atoms with Gasteiger partial charge < -0.3 is 10.1 Å². The van der Waals surface area contributed by atoms with Gasteiger partial charge in [-0.3, -0.25) is 0 Å². The average Bonchev–Trinajstić information content (AvgIpc) is 2.42. The van der Waals surface area contributed by atoms with E-state index in [2.05, 4.69) is 30.1 Å². The molecule has 0 heterocycles.